The first kappa shape index (κ1) is 28.3. The number of esters is 2. The summed E-state index contributed by atoms with van der Waals surface area (Å²) in [7, 11) is 1.31. The van der Waals surface area contributed by atoms with Gasteiger partial charge in [-0.1, -0.05) is 29.8 Å². The van der Waals surface area contributed by atoms with E-state index >= 15 is 0 Å². The first-order valence-electron chi connectivity index (χ1n) is 12.4. The molecule has 1 fully saturated rings. The fourth-order valence-electron chi connectivity index (χ4n) is 4.95. The second-order valence-electron chi connectivity index (χ2n) is 9.57. The molecule has 2 aromatic rings. The molecular weight excluding hydrogens is 528 g/mol. The summed E-state index contributed by atoms with van der Waals surface area (Å²) in [6.07, 6.45) is 2.45. The molecule has 1 aromatic carbocycles. The lowest BCUT2D eigenvalue weighted by molar-refractivity contribution is -0.152. The number of nitrogens with zero attached hydrogens (tertiary/aromatic N) is 2. The minimum atomic E-state index is -0.808. The second kappa shape index (κ2) is 12.4. The molecule has 3 heterocycles. The molecule has 2 aliphatic rings. The van der Waals surface area contributed by atoms with Crippen molar-refractivity contribution >= 4 is 34.9 Å². The van der Waals surface area contributed by atoms with Crippen molar-refractivity contribution in [1.82, 2.24) is 15.2 Å². The summed E-state index contributed by atoms with van der Waals surface area (Å²) in [6.45, 7) is 6.44. The Morgan fingerprint density at radius 3 is 2.76 bits per heavy atom. The average Bonchev–Trinajstić information content (AvgIpc) is 3.53. The van der Waals surface area contributed by atoms with Gasteiger partial charge in [0.05, 0.1) is 49.6 Å². The number of halogens is 1. The minimum absolute atomic E-state index is 0.0846. The van der Waals surface area contributed by atoms with E-state index in [2.05, 4.69) is 15.2 Å². The maximum absolute atomic E-state index is 14.0. The number of hydrogen-bond donors (Lipinski definition) is 2. The Morgan fingerprint density at radius 1 is 1.29 bits per heavy atom. The van der Waals surface area contributed by atoms with Crippen LogP contribution in [0.2, 0.25) is 5.02 Å². The fourth-order valence-corrected chi connectivity index (χ4v) is 5.86. The Labute approximate surface area is 231 Å². The van der Waals surface area contributed by atoms with Gasteiger partial charge in [0, 0.05) is 48.4 Å². The van der Waals surface area contributed by atoms with E-state index in [4.69, 9.17) is 31.5 Å². The van der Waals surface area contributed by atoms with Gasteiger partial charge in [-0.15, -0.1) is 11.3 Å². The van der Waals surface area contributed by atoms with Crippen molar-refractivity contribution in [3.05, 3.63) is 74.0 Å². The van der Waals surface area contributed by atoms with Crippen molar-refractivity contribution in [3.63, 3.8) is 0 Å². The number of carbonyl (C=O) groups excluding carboxylic acids is 2. The summed E-state index contributed by atoms with van der Waals surface area (Å²) in [5.74, 6) is -1.91. The van der Waals surface area contributed by atoms with Crippen molar-refractivity contribution in [2.24, 2.45) is 5.73 Å². The molecule has 204 valence electrons. The van der Waals surface area contributed by atoms with E-state index in [1.54, 1.807) is 42.7 Å². The highest BCUT2D eigenvalue weighted by Crippen LogP contribution is 2.42. The standard InChI is InChI=1S/C27H33ClN4O5S/c1-17-22(25(33)35-3)23(18-6-4-5-7-19(18)28)24(20(31-17)15-36-12-9-29)26(34)37-27(2)8-11-32(16-27)14-21-30-10-13-38-21/h4-7,10,13,23,31H,8-9,11-12,14-16,29H2,1-3H3. The average molecular weight is 561 g/mol. The predicted octanol–water partition coefficient (Wildman–Crippen LogP) is 3.37. The molecule has 2 aliphatic heterocycles. The maximum atomic E-state index is 14.0. The zero-order valence-corrected chi connectivity index (χ0v) is 23.4. The Kier molecular flexibility index (Phi) is 9.22. The zero-order valence-electron chi connectivity index (χ0n) is 21.8. The first-order valence-corrected chi connectivity index (χ1v) is 13.7. The van der Waals surface area contributed by atoms with E-state index in [9.17, 15) is 9.59 Å². The van der Waals surface area contributed by atoms with E-state index in [0.29, 0.717) is 54.6 Å². The lowest BCUT2D eigenvalue weighted by Crippen LogP contribution is -2.40. The van der Waals surface area contributed by atoms with E-state index in [1.165, 1.54) is 7.11 Å². The number of methoxy groups -OCH3 is 1. The van der Waals surface area contributed by atoms with Crippen molar-refractivity contribution in [3.8, 4) is 0 Å². The van der Waals surface area contributed by atoms with Gasteiger partial charge in [0.2, 0.25) is 0 Å². The normalized spacial score (nSPS) is 22.0. The molecule has 38 heavy (non-hydrogen) atoms. The van der Waals surface area contributed by atoms with Crippen molar-refractivity contribution in [2.75, 3.05) is 40.0 Å². The lowest BCUT2D eigenvalue weighted by Gasteiger charge is -2.34. The van der Waals surface area contributed by atoms with Gasteiger partial charge in [-0.05, 0) is 25.5 Å². The summed E-state index contributed by atoms with van der Waals surface area (Å²) in [4.78, 5) is 33.6. The van der Waals surface area contributed by atoms with Crippen LogP contribution in [-0.2, 0) is 30.3 Å². The quantitative estimate of drug-likeness (QED) is 0.333. The highest BCUT2D eigenvalue weighted by Gasteiger charge is 2.43. The molecule has 0 radical (unpaired) electrons. The van der Waals surface area contributed by atoms with E-state index in [1.807, 2.05) is 18.4 Å². The SMILES string of the molecule is COC(=O)C1=C(C)NC(COCCN)=C(C(=O)OC2(C)CCN(Cc3nccs3)C2)C1c1ccccc1Cl. The molecule has 3 N–H and O–H groups in total. The molecule has 0 saturated carbocycles. The summed E-state index contributed by atoms with van der Waals surface area (Å²) in [5, 5.41) is 6.58. The number of nitrogens with one attached hydrogen (secondary N) is 1. The van der Waals surface area contributed by atoms with Crippen molar-refractivity contribution < 1.29 is 23.8 Å². The molecule has 11 heteroatoms. The molecule has 2 atom stereocenters. The number of hydrogen-bond acceptors (Lipinski definition) is 10. The van der Waals surface area contributed by atoms with E-state index in [-0.39, 0.29) is 17.8 Å². The van der Waals surface area contributed by atoms with Crippen LogP contribution in [-0.4, -0.2) is 67.4 Å². The largest absolute Gasteiger partial charge is 0.466 e. The third kappa shape index (κ3) is 6.27. The van der Waals surface area contributed by atoms with Crippen LogP contribution in [0.25, 0.3) is 0 Å². The molecule has 1 aromatic heterocycles. The number of likely N-dealkylation sites (tertiary alicyclic amines) is 1. The number of thiazole rings is 1. The van der Waals surface area contributed by atoms with Crippen LogP contribution < -0.4 is 11.1 Å². The molecule has 0 aliphatic carbocycles. The summed E-state index contributed by atoms with van der Waals surface area (Å²) >= 11 is 8.22. The zero-order chi connectivity index (χ0) is 27.3. The van der Waals surface area contributed by atoms with Gasteiger partial charge >= 0.3 is 11.9 Å². The molecule has 2 unspecified atom stereocenters. The van der Waals surface area contributed by atoms with Gasteiger partial charge in [-0.25, -0.2) is 14.6 Å². The van der Waals surface area contributed by atoms with Gasteiger partial charge in [0.15, 0.2) is 0 Å². The first-order chi connectivity index (χ1) is 18.3. The van der Waals surface area contributed by atoms with Crippen LogP contribution in [0.15, 0.2) is 58.4 Å². The Morgan fingerprint density at radius 2 is 2.08 bits per heavy atom. The predicted molar refractivity (Wildman–Crippen MR) is 145 cm³/mol. The third-order valence-corrected chi connectivity index (χ3v) is 7.80. The molecule has 0 spiro atoms. The van der Waals surface area contributed by atoms with Crippen LogP contribution in [0.3, 0.4) is 0 Å². The van der Waals surface area contributed by atoms with E-state index in [0.717, 1.165) is 11.6 Å². The van der Waals surface area contributed by atoms with Crippen LogP contribution in [0.5, 0.6) is 0 Å². The summed E-state index contributed by atoms with van der Waals surface area (Å²) in [6, 6.07) is 7.14. The highest BCUT2D eigenvalue weighted by molar-refractivity contribution is 7.09. The Hall–Kier alpha value is -2.76. The molecule has 4 rings (SSSR count). The van der Waals surface area contributed by atoms with Gasteiger partial charge in [-0.3, -0.25) is 4.90 Å². The van der Waals surface area contributed by atoms with Crippen molar-refractivity contribution in [1.29, 1.82) is 0 Å². The number of ether oxygens (including phenoxy) is 3. The molecule has 0 bridgehead atoms. The number of nitrogens with two attached hydrogens (primary N) is 1. The Bertz CT molecular complexity index is 1230. The lowest BCUT2D eigenvalue weighted by atomic mass is 9.80. The molecular formula is C27H33ClN4O5S. The fraction of sp³-hybridized carbons (Fsp3) is 0.444. The monoisotopic (exact) mass is 560 g/mol. The number of benzene rings is 1. The van der Waals surface area contributed by atoms with Gasteiger partial charge in [-0.2, -0.15) is 0 Å². The van der Waals surface area contributed by atoms with Gasteiger partial charge in [0.1, 0.15) is 10.6 Å². The number of carbonyl (C=O) groups is 2. The molecule has 1 saturated heterocycles. The van der Waals surface area contributed by atoms with Crippen LogP contribution in [0.4, 0.5) is 0 Å². The summed E-state index contributed by atoms with van der Waals surface area (Å²) < 4.78 is 17.1. The van der Waals surface area contributed by atoms with Gasteiger partial charge < -0.3 is 25.3 Å². The number of rotatable bonds is 10. The van der Waals surface area contributed by atoms with Crippen LogP contribution >= 0.6 is 22.9 Å². The van der Waals surface area contributed by atoms with Gasteiger partial charge in [0.25, 0.3) is 0 Å². The minimum Gasteiger partial charge on any atom is -0.466 e. The van der Waals surface area contributed by atoms with Crippen molar-refractivity contribution in [2.45, 2.75) is 38.3 Å². The topological polar surface area (TPSA) is 116 Å². The molecule has 0 amide bonds. The third-order valence-electron chi connectivity index (χ3n) is 6.69. The highest BCUT2D eigenvalue weighted by atomic mass is 35.5. The summed E-state index contributed by atoms with van der Waals surface area (Å²) in [5.41, 5.74) is 7.10. The van der Waals surface area contributed by atoms with E-state index < -0.39 is 23.5 Å². The molecule has 9 nitrogen and oxygen atoms in total. The maximum Gasteiger partial charge on any atom is 0.337 e. The number of allylic oxidation sites excluding steroid dienone is 1. The van der Waals surface area contributed by atoms with Crippen LogP contribution in [0, 0.1) is 0 Å². The Balaban J connectivity index is 1.69. The second-order valence-corrected chi connectivity index (χ2v) is 11.0. The van der Waals surface area contributed by atoms with Crippen LogP contribution in [0.1, 0.15) is 36.8 Å². The number of dihydropyridines is 1. The number of aromatic nitrogens is 1. The smallest absolute Gasteiger partial charge is 0.337 e.